The van der Waals surface area contributed by atoms with E-state index >= 15 is 0 Å². The van der Waals surface area contributed by atoms with Crippen molar-refractivity contribution in [1.82, 2.24) is 15.5 Å². The Balaban J connectivity index is 1.43. The number of benzene rings is 1. The normalized spacial score (nSPS) is 27.6. The second kappa shape index (κ2) is 6.93. The summed E-state index contributed by atoms with van der Waals surface area (Å²) in [4.78, 5) is 38.8. The van der Waals surface area contributed by atoms with Crippen LogP contribution in [-0.4, -0.2) is 41.4 Å². The molecule has 4 amide bonds. The number of urea groups is 1. The lowest BCUT2D eigenvalue weighted by Gasteiger charge is -2.28. The van der Waals surface area contributed by atoms with E-state index in [1.54, 1.807) is 0 Å². The van der Waals surface area contributed by atoms with Gasteiger partial charge in [0.05, 0.1) is 0 Å². The molecular weight excluding hydrogens is 410 g/mol. The average Bonchev–Trinajstić information content (AvgIpc) is 3.43. The Labute approximate surface area is 167 Å². The van der Waals surface area contributed by atoms with Crippen molar-refractivity contribution in [2.75, 3.05) is 13.1 Å². The van der Waals surface area contributed by atoms with Crippen LogP contribution in [0.5, 0.6) is 0 Å². The molecule has 1 saturated heterocycles. The lowest BCUT2D eigenvalue weighted by Crippen LogP contribution is -2.50. The summed E-state index contributed by atoms with van der Waals surface area (Å²) in [6.07, 6.45) is 3.32. The molecule has 7 heteroatoms. The van der Waals surface area contributed by atoms with Crippen LogP contribution < -0.4 is 10.6 Å². The third-order valence-electron chi connectivity index (χ3n) is 6.11. The van der Waals surface area contributed by atoms with Gasteiger partial charge in [-0.25, -0.2) is 4.79 Å². The van der Waals surface area contributed by atoms with Crippen molar-refractivity contribution in [2.24, 2.45) is 5.92 Å². The number of rotatable bonds is 4. The number of fused-ring (bicyclic) bond motifs is 1. The van der Waals surface area contributed by atoms with E-state index in [1.165, 1.54) is 11.1 Å². The predicted octanol–water partition coefficient (Wildman–Crippen LogP) is 2.71. The van der Waals surface area contributed by atoms with Gasteiger partial charge in [-0.1, -0.05) is 28.9 Å². The van der Waals surface area contributed by atoms with Crippen LogP contribution in [0.15, 0.2) is 22.7 Å². The summed E-state index contributed by atoms with van der Waals surface area (Å²) in [5.74, 6) is 0.208. The predicted molar refractivity (Wildman–Crippen MR) is 104 cm³/mol. The van der Waals surface area contributed by atoms with Crippen LogP contribution in [0.4, 0.5) is 4.79 Å². The summed E-state index contributed by atoms with van der Waals surface area (Å²) in [5, 5.41) is 5.15. The molecule has 144 valence electrons. The largest absolute Gasteiger partial charge is 0.342 e. The molecule has 6 nitrogen and oxygen atoms in total. The Kier molecular flexibility index (Phi) is 4.74. The fraction of sp³-hybridized carbons (Fsp3) is 0.550. The summed E-state index contributed by atoms with van der Waals surface area (Å²) in [6.45, 7) is 3.51. The highest BCUT2D eigenvalue weighted by Gasteiger charge is 2.55. The zero-order chi connectivity index (χ0) is 19.2. The lowest BCUT2D eigenvalue weighted by molar-refractivity contribution is -0.132. The van der Waals surface area contributed by atoms with Gasteiger partial charge in [-0.15, -0.1) is 0 Å². The van der Waals surface area contributed by atoms with Crippen LogP contribution in [-0.2, 0) is 16.0 Å². The third kappa shape index (κ3) is 3.49. The maximum absolute atomic E-state index is 12.9. The van der Waals surface area contributed by atoms with E-state index in [0.717, 1.165) is 23.7 Å². The zero-order valence-corrected chi connectivity index (χ0v) is 17.0. The van der Waals surface area contributed by atoms with Gasteiger partial charge in [-0.05, 0) is 60.8 Å². The third-order valence-corrected chi connectivity index (χ3v) is 6.60. The summed E-state index contributed by atoms with van der Waals surface area (Å²) in [7, 11) is 0. The van der Waals surface area contributed by atoms with E-state index in [9.17, 15) is 14.4 Å². The standard InChI is InChI=1S/C20H24BrN3O3/c1-12-11-24(9-7-13-10-15(21)4-5-16(12)13)17(25)6-8-20(14-2-3-14)18(26)22-19(27)23-20/h4-5,10,12,14H,2-3,6-9,11H2,1H3,(H2,22,23,26,27)/t12-,20-/m0/s1. The molecule has 2 fully saturated rings. The minimum absolute atomic E-state index is 0.0581. The molecule has 0 bridgehead atoms. The van der Waals surface area contributed by atoms with E-state index in [0.29, 0.717) is 19.5 Å². The second-order valence-corrected chi connectivity index (χ2v) is 8.90. The maximum Gasteiger partial charge on any atom is 0.322 e. The number of amides is 4. The van der Waals surface area contributed by atoms with E-state index < -0.39 is 11.6 Å². The summed E-state index contributed by atoms with van der Waals surface area (Å²) in [6, 6.07) is 5.88. The highest BCUT2D eigenvalue weighted by Crippen LogP contribution is 2.44. The van der Waals surface area contributed by atoms with Crippen molar-refractivity contribution in [3.8, 4) is 0 Å². The molecule has 0 radical (unpaired) electrons. The molecule has 0 spiro atoms. The molecule has 27 heavy (non-hydrogen) atoms. The highest BCUT2D eigenvalue weighted by molar-refractivity contribution is 9.10. The van der Waals surface area contributed by atoms with Gasteiger partial charge in [0, 0.05) is 24.0 Å². The van der Waals surface area contributed by atoms with Gasteiger partial charge in [-0.3, -0.25) is 14.9 Å². The van der Waals surface area contributed by atoms with E-state index in [4.69, 9.17) is 0 Å². The van der Waals surface area contributed by atoms with Gasteiger partial charge in [0.15, 0.2) is 0 Å². The molecule has 2 N–H and O–H groups in total. The monoisotopic (exact) mass is 433 g/mol. The van der Waals surface area contributed by atoms with Crippen molar-refractivity contribution in [3.63, 3.8) is 0 Å². The Morgan fingerprint density at radius 2 is 2.11 bits per heavy atom. The molecule has 0 aromatic heterocycles. The molecule has 2 atom stereocenters. The fourth-order valence-corrected chi connectivity index (χ4v) is 4.89. The van der Waals surface area contributed by atoms with Gasteiger partial charge in [0.2, 0.25) is 5.91 Å². The first-order valence-corrected chi connectivity index (χ1v) is 10.4. The number of nitrogens with zero attached hydrogens (tertiary/aromatic N) is 1. The Bertz CT molecular complexity index is 808. The second-order valence-electron chi connectivity index (χ2n) is 7.99. The van der Waals surface area contributed by atoms with Crippen LogP contribution >= 0.6 is 15.9 Å². The van der Waals surface area contributed by atoms with E-state index in [-0.39, 0.29) is 30.1 Å². The minimum Gasteiger partial charge on any atom is -0.342 e. The van der Waals surface area contributed by atoms with Gasteiger partial charge in [0.1, 0.15) is 5.54 Å². The molecule has 0 unspecified atom stereocenters. The molecule has 1 aromatic carbocycles. The van der Waals surface area contributed by atoms with Crippen LogP contribution in [0.3, 0.4) is 0 Å². The van der Waals surface area contributed by atoms with Crippen LogP contribution in [0.2, 0.25) is 0 Å². The molecule has 1 aliphatic carbocycles. The molecule has 3 aliphatic rings. The van der Waals surface area contributed by atoms with Crippen molar-refractivity contribution >= 4 is 33.8 Å². The summed E-state index contributed by atoms with van der Waals surface area (Å²) < 4.78 is 1.06. The van der Waals surface area contributed by atoms with Crippen LogP contribution in [0.25, 0.3) is 0 Å². The minimum atomic E-state index is -0.891. The first kappa shape index (κ1) is 18.5. The number of nitrogens with one attached hydrogen (secondary N) is 2. The summed E-state index contributed by atoms with van der Waals surface area (Å²) in [5.41, 5.74) is 1.69. The maximum atomic E-state index is 12.9. The number of halogens is 1. The molecule has 2 aliphatic heterocycles. The lowest BCUT2D eigenvalue weighted by atomic mass is 9.87. The topological polar surface area (TPSA) is 78.5 Å². The first-order valence-electron chi connectivity index (χ1n) is 9.59. The molecule has 1 saturated carbocycles. The molecular formula is C20H24BrN3O3. The summed E-state index contributed by atoms with van der Waals surface area (Å²) >= 11 is 3.53. The molecule has 4 rings (SSSR count). The SMILES string of the molecule is C[C@H]1CN(C(=O)CC[C@@]2(C3CC3)NC(=O)NC2=O)CCc2cc(Br)ccc21. The first-order chi connectivity index (χ1) is 12.9. The van der Waals surface area contributed by atoms with E-state index in [1.807, 2.05) is 11.0 Å². The zero-order valence-electron chi connectivity index (χ0n) is 15.4. The van der Waals surface area contributed by atoms with Gasteiger partial charge < -0.3 is 10.2 Å². The molecule has 2 heterocycles. The van der Waals surface area contributed by atoms with Crippen molar-refractivity contribution in [3.05, 3.63) is 33.8 Å². The molecule has 1 aromatic rings. The average molecular weight is 434 g/mol. The van der Waals surface area contributed by atoms with Crippen molar-refractivity contribution in [1.29, 1.82) is 0 Å². The number of imide groups is 1. The number of hydrogen-bond acceptors (Lipinski definition) is 3. The van der Waals surface area contributed by atoms with Crippen LogP contribution in [0, 0.1) is 5.92 Å². The fourth-order valence-electron chi connectivity index (χ4n) is 4.48. The number of carbonyl (C=O) groups is 3. The Hall–Kier alpha value is -1.89. The smallest absolute Gasteiger partial charge is 0.322 e. The van der Waals surface area contributed by atoms with Gasteiger partial charge >= 0.3 is 6.03 Å². The van der Waals surface area contributed by atoms with Gasteiger partial charge in [-0.2, -0.15) is 0 Å². The number of hydrogen-bond donors (Lipinski definition) is 2. The number of carbonyl (C=O) groups excluding carboxylic acids is 3. The van der Waals surface area contributed by atoms with E-state index in [2.05, 4.69) is 45.6 Å². The Morgan fingerprint density at radius 3 is 2.78 bits per heavy atom. The quantitative estimate of drug-likeness (QED) is 0.716. The van der Waals surface area contributed by atoms with Gasteiger partial charge in [0.25, 0.3) is 5.91 Å². The highest BCUT2D eigenvalue weighted by atomic mass is 79.9. The van der Waals surface area contributed by atoms with Crippen LogP contribution in [0.1, 0.15) is 49.7 Å². The van der Waals surface area contributed by atoms with Crippen molar-refractivity contribution < 1.29 is 14.4 Å². The Morgan fingerprint density at radius 1 is 1.33 bits per heavy atom. The van der Waals surface area contributed by atoms with Crippen molar-refractivity contribution in [2.45, 2.75) is 50.5 Å².